The summed E-state index contributed by atoms with van der Waals surface area (Å²) in [7, 11) is -1.67. The van der Waals surface area contributed by atoms with Gasteiger partial charge in [0.15, 0.2) is 0 Å². The van der Waals surface area contributed by atoms with Gasteiger partial charge in [-0.25, -0.2) is 15.3 Å². The van der Waals surface area contributed by atoms with E-state index in [1.54, 1.807) is 18.6 Å². The van der Waals surface area contributed by atoms with Crippen LogP contribution in [0.15, 0.2) is 116 Å². The fraction of sp³-hybridized carbons (Fsp3) is 0.0455. The smallest absolute Gasteiger partial charge is 0.403 e. The maximum absolute atomic E-state index is 4.26. The van der Waals surface area contributed by atoms with Gasteiger partial charge in [-0.3, -0.25) is 0 Å². The molecule has 0 bridgehead atoms. The van der Waals surface area contributed by atoms with Crippen LogP contribution in [0, 0.1) is 0 Å². The number of benzene rings is 2. The normalized spacial score (nSPS) is 10.4. The molecule has 9 heteroatoms. The average molecular weight is 478 g/mol. The first-order valence-corrected chi connectivity index (χ1v) is 11.9. The zero-order chi connectivity index (χ0) is 20.6. The van der Waals surface area contributed by atoms with Gasteiger partial charge >= 0.3 is 24.2 Å². The van der Waals surface area contributed by atoms with E-state index in [9.17, 15) is 0 Å². The van der Waals surface area contributed by atoms with E-state index in [1.165, 1.54) is 10.6 Å². The largest absolute Gasteiger partial charge is 1.00 e. The quantitative estimate of drug-likeness (QED) is 0.289. The molecule has 0 unspecified atom stereocenters. The number of hydrogen-bond acceptors (Lipinski definition) is 3. The summed E-state index contributed by atoms with van der Waals surface area (Å²) in [4.78, 5) is 0. The van der Waals surface area contributed by atoms with Gasteiger partial charge in [0, 0.05) is 18.6 Å². The Hall–Kier alpha value is -2.92. The summed E-state index contributed by atoms with van der Waals surface area (Å²) in [6, 6.07) is 27.2. The van der Waals surface area contributed by atoms with E-state index in [-0.39, 0.29) is 17.1 Å². The second-order valence-corrected chi connectivity index (χ2v) is 9.32. The average Bonchev–Trinajstić information content (AvgIpc) is 3.60. The molecule has 0 saturated carbocycles. The summed E-state index contributed by atoms with van der Waals surface area (Å²) in [5.74, 6) is 0. The van der Waals surface area contributed by atoms with Gasteiger partial charge in [-0.1, -0.05) is 36.4 Å². The third-order valence-electron chi connectivity index (χ3n) is 4.96. The molecule has 5 rings (SSSR count). The fourth-order valence-corrected chi connectivity index (χ4v) is 5.11. The standard InChI is InChI=1S/C13H13P.C9H10BN6.Cu/c1-14(12-8-4-2-5-9-12)13-10-6-3-7-11-13;1-4-11-14(7-1)10(15-8-2-5-12-15)16-9-3-6-13-16;/h2-11H,1H3;1-10H;/q;-1;+1/p+1. The Morgan fingerprint density at radius 3 is 1.23 bits per heavy atom. The van der Waals surface area contributed by atoms with Gasteiger partial charge in [0.2, 0.25) is 0 Å². The molecular weight excluding hydrogens is 454 g/mol. The Bertz CT molecular complexity index is 983. The minimum atomic E-state index is -1.12. The summed E-state index contributed by atoms with van der Waals surface area (Å²) in [6.07, 6.45) is 11.0. The van der Waals surface area contributed by atoms with Crippen LogP contribution in [0.3, 0.4) is 0 Å². The number of aromatic nitrogens is 6. The topological polar surface area (TPSA) is 53.5 Å². The third-order valence-corrected chi connectivity index (χ3v) is 7.36. The van der Waals surface area contributed by atoms with Crippen LogP contribution in [0.25, 0.3) is 0 Å². The van der Waals surface area contributed by atoms with E-state index in [0.29, 0.717) is 0 Å². The van der Waals surface area contributed by atoms with Gasteiger partial charge < -0.3 is 13.8 Å². The molecule has 0 spiro atoms. The van der Waals surface area contributed by atoms with Crippen molar-refractivity contribution in [2.75, 3.05) is 6.66 Å². The van der Waals surface area contributed by atoms with E-state index in [2.05, 4.69) is 82.6 Å². The summed E-state index contributed by atoms with van der Waals surface area (Å²) < 4.78 is 5.62. The molecule has 3 aromatic heterocycles. The molecule has 0 aliphatic carbocycles. The molecule has 0 amide bonds. The molecule has 0 radical (unpaired) electrons. The second-order valence-electron chi connectivity index (χ2n) is 6.92. The van der Waals surface area contributed by atoms with Crippen LogP contribution in [0.2, 0.25) is 0 Å². The Labute approximate surface area is 194 Å². The first-order valence-electron chi connectivity index (χ1n) is 9.92. The van der Waals surface area contributed by atoms with E-state index in [4.69, 9.17) is 0 Å². The van der Waals surface area contributed by atoms with Crippen LogP contribution >= 0.6 is 7.92 Å². The Morgan fingerprint density at radius 2 is 0.935 bits per heavy atom. The van der Waals surface area contributed by atoms with Crippen molar-refractivity contribution in [1.82, 2.24) is 29.1 Å². The molecule has 2 aromatic carbocycles. The zero-order valence-electron chi connectivity index (χ0n) is 17.2. The van der Waals surface area contributed by atoms with Crippen molar-refractivity contribution in [2.24, 2.45) is 0 Å². The summed E-state index contributed by atoms with van der Waals surface area (Å²) in [5, 5.41) is 15.7. The monoisotopic (exact) mass is 477 g/mol. The Balaban J connectivity index is 0.000000172. The number of hydrogen-bond donors (Lipinski definition) is 0. The molecule has 0 saturated heterocycles. The molecule has 0 N–H and O–H groups in total. The molecule has 6 nitrogen and oxygen atoms in total. The van der Waals surface area contributed by atoms with Crippen molar-refractivity contribution in [1.29, 1.82) is 0 Å². The summed E-state index contributed by atoms with van der Waals surface area (Å²) >= 11 is 0. The summed E-state index contributed by atoms with van der Waals surface area (Å²) in [5.41, 5.74) is 0. The zero-order valence-corrected chi connectivity index (χ0v) is 19.1. The van der Waals surface area contributed by atoms with E-state index < -0.39 is 15.0 Å². The molecule has 3 heterocycles. The van der Waals surface area contributed by atoms with Gasteiger partial charge in [-0.15, -0.1) is 0 Å². The van der Waals surface area contributed by atoms with Crippen molar-refractivity contribution >= 4 is 25.6 Å². The first kappa shape index (κ1) is 22.8. The fourth-order valence-electron chi connectivity index (χ4n) is 3.39. The molecule has 5 aromatic rings. The van der Waals surface area contributed by atoms with Crippen molar-refractivity contribution in [3.05, 3.63) is 116 Å². The molecule has 0 aliphatic heterocycles. The minimum Gasteiger partial charge on any atom is -0.403 e. The van der Waals surface area contributed by atoms with Crippen molar-refractivity contribution < 1.29 is 17.1 Å². The van der Waals surface area contributed by atoms with Gasteiger partial charge in [0.05, 0.1) is 25.2 Å². The number of nitrogens with zero attached hydrogens (tertiary/aromatic N) is 6. The van der Waals surface area contributed by atoms with Crippen molar-refractivity contribution in [3.63, 3.8) is 0 Å². The molecule has 160 valence electrons. The predicted molar refractivity (Wildman–Crippen MR) is 126 cm³/mol. The third kappa shape index (κ3) is 5.83. The van der Waals surface area contributed by atoms with E-state index in [0.717, 1.165) is 0 Å². The van der Waals surface area contributed by atoms with Crippen LogP contribution in [-0.2, 0) is 17.1 Å². The Kier molecular flexibility index (Phi) is 8.42. The van der Waals surface area contributed by atoms with Gasteiger partial charge in [0.25, 0.3) is 0 Å². The van der Waals surface area contributed by atoms with Crippen LogP contribution in [0.5, 0.6) is 0 Å². The van der Waals surface area contributed by atoms with Crippen LogP contribution < -0.4 is 10.6 Å². The van der Waals surface area contributed by atoms with Gasteiger partial charge in [-0.05, 0) is 61.1 Å². The maximum atomic E-state index is 4.26. The van der Waals surface area contributed by atoms with E-state index in [1.807, 2.05) is 50.6 Å². The summed E-state index contributed by atoms with van der Waals surface area (Å²) in [6.45, 7) is 2.34. The second kappa shape index (κ2) is 11.5. The Morgan fingerprint density at radius 1 is 0.581 bits per heavy atom. The first-order chi connectivity index (χ1) is 14.8. The SMILES string of the molecule is C[PH+](c1ccccc1)c1ccccc1.[Cu+].c1cnn([BH-](n2cccn2)n2cccn2)c1. The molecule has 31 heavy (non-hydrogen) atoms. The molecular formula is C22H24BCuN6P+. The van der Waals surface area contributed by atoms with Crippen LogP contribution in [0.4, 0.5) is 0 Å². The van der Waals surface area contributed by atoms with E-state index >= 15 is 0 Å². The number of rotatable bonds is 5. The molecule has 0 fully saturated rings. The molecule has 0 atom stereocenters. The molecule has 0 aliphatic rings. The van der Waals surface area contributed by atoms with Gasteiger partial charge in [0.1, 0.15) is 0 Å². The predicted octanol–water partition coefficient (Wildman–Crippen LogP) is 2.42. The van der Waals surface area contributed by atoms with Crippen LogP contribution in [-0.4, -0.2) is 42.9 Å². The maximum Gasteiger partial charge on any atom is 1.00 e. The van der Waals surface area contributed by atoms with Crippen molar-refractivity contribution in [3.8, 4) is 0 Å². The van der Waals surface area contributed by atoms with Crippen LogP contribution in [0.1, 0.15) is 0 Å². The van der Waals surface area contributed by atoms with Gasteiger partial charge in [-0.2, -0.15) is 0 Å². The van der Waals surface area contributed by atoms with Crippen molar-refractivity contribution in [2.45, 2.75) is 0 Å². The minimum absolute atomic E-state index is 0.